The number of nitrogens with one attached hydrogen (secondary N) is 1. The molecule has 0 aliphatic rings. The minimum absolute atomic E-state index is 0. The Balaban J connectivity index is 0.00000560. The lowest BCUT2D eigenvalue weighted by Crippen LogP contribution is -3.00. The van der Waals surface area contributed by atoms with Gasteiger partial charge in [0, 0.05) is 16.8 Å². The van der Waals surface area contributed by atoms with Crippen LogP contribution < -0.4 is 31.6 Å². The van der Waals surface area contributed by atoms with Crippen molar-refractivity contribution in [3.63, 3.8) is 0 Å². The summed E-state index contributed by atoms with van der Waals surface area (Å²) < 4.78 is 8.23. The van der Waals surface area contributed by atoms with Crippen molar-refractivity contribution >= 4 is 22.9 Å². The first-order valence-electron chi connectivity index (χ1n) is 15.3. The number of thiazole rings is 1. The summed E-state index contributed by atoms with van der Waals surface area (Å²) in [4.78, 5) is 12.7. The summed E-state index contributed by atoms with van der Waals surface area (Å²) in [5.41, 5.74) is 5.05. The molecule has 3 aromatic rings. The van der Waals surface area contributed by atoms with Crippen molar-refractivity contribution in [3.05, 3.63) is 76.7 Å². The van der Waals surface area contributed by atoms with Gasteiger partial charge in [0.15, 0.2) is 12.7 Å². The zero-order valence-electron chi connectivity index (χ0n) is 24.4. The topological polar surface area (TPSA) is 42.2 Å². The maximum Gasteiger partial charge on any atom is 0.228 e. The highest BCUT2D eigenvalue weighted by molar-refractivity contribution is 7.07. The Kier molecular flexibility index (Phi) is 18.3. The molecule has 0 unspecified atom stereocenters. The van der Waals surface area contributed by atoms with E-state index in [4.69, 9.17) is 4.74 Å². The molecular weight excluding hydrogens is 580 g/mol. The molecule has 0 atom stereocenters. The van der Waals surface area contributed by atoms with Crippen LogP contribution in [-0.2, 0) is 17.8 Å². The van der Waals surface area contributed by atoms with Gasteiger partial charge in [-0.15, -0.1) is 0 Å². The maximum absolute atomic E-state index is 12.7. The molecule has 0 radical (unpaired) electrons. The summed E-state index contributed by atoms with van der Waals surface area (Å²) in [6, 6.07) is 16.0. The largest absolute Gasteiger partial charge is 1.00 e. The Bertz CT molecular complexity index is 1040. The summed E-state index contributed by atoms with van der Waals surface area (Å²) in [7, 11) is 0. The molecule has 0 aliphatic heterocycles. The molecule has 1 heterocycles. The Labute approximate surface area is 257 Å². The van der Waals surface area contributed by atoms with Gasteiger partial charge in [-0.2, -0.15) is 4.57 Å². The fourth-order valence-corrected chi connectivity index (χ4v) is 5.50. The summed E-state index contributed by atoms with van der Waals surface area (Å²) in [5.74, 6) is 0.799. The number of ether oxygens (including phenoxy) is 1. The van der Waals surface area contributed by atoms with E-state index in [2.05, 4.69) is 46.0 Å². The highest BCUT2D eigenvalue weighted by atomic mass is 79.9. The number of carbonyl (C=O) groups is 1. The summed E-state index contributed by atoms with van der Waals surface area (Å²) in [6.45, 7) is 3.83. The Hall–Kier alpha value is -2.18. The van der Waals surface area contributed by atoms with Crippen LogP contribution in [0.15, 0.2) is 65.6 Å². The smallest absolute Gasteiger partial charge is 0.228 e. The number of carbonyl (C=O) groups excluding carboxylic acids is 1. The van der Waals surface area contributed by atoms with Crippen molar-refractivity contribution in [3.8, 4) is 5.75 Å². The van der Waals surface area contributed by atoms with Crippen LogP contribution in [0, 0.1) is 0 Å². The molecule has 2 aromatic carbocycles. The predicted molar refractivity (Wildman–Crippen MR) is 165 cm³/mol. The van der Waals surface area contributed by atoms with E-state index in [0.717, 1.165) is 30.0 Å². The van der Waals surface area contributed by atoms with Gasteiger partial charge in [0.05, 0.1) is 18.4 Å². The maximum atomic E-state index is 12.7. The van der Waals surface area contributed by atoms with E-state index in [0.29, 0.717) is 13.0 Å². The number of rotatable bonds is 21. The SMILES string of the molecule is CCCCCCCCCCCCCCCCOc1ccccc1CC(=O)Nc1ccc(C[n+]2ccsc2)cc1.[Br-]. The van der Waals surface area contributed by atoms with Gasteiger partial charge < -0.3 is 27.0 Å². The Morgan fingerprint density at radius 2 is 1.40 bits per heavy atom. The minimum atomic E-state index is -0.0255. The summed E-state index contributed by atoms with van der Waals surface area (Å²) in [6.07, 6.45) is 21.3. The van der Waals surface area contributed by atoms with Gasteiger partial charge in [-0.25, -0.2) is 0 Å². The van der Waals surface area contributed by atoms with Crippen LogP contribution in [0.1, 0.15) is 108 Å². The molecular formula is C34H49BrN2O2S. The first-order valence-corrected chi connectivity index (χ1v) is 16.2. The van der Waals surface area contributed by atoms with E-state index < -0.39 is 0 Å². The number of amides is 1. The Morgan fingerprint density at radius 3 is 2.00 bits per heavy atom. The van der Waals surface area contributed by atoms with E-state index in [1.807, 2.05) is 36.4 Å². The number of hydrogen-bond acceptors (Lipinski definition) is 3. The number of aromatic nitrogens is 1. The van der Waals surface area contributed by atoms with Crippen LogP contribution in [0.3, 0.4) is 0 Å². The van der Waals surface area contributed by atoms with E-state index in [-0.39, 0.29) is 22.9 Å². The van der Waals surface area contributed by atoms with Gasteiger partial charge >= 0.3 is 0 Å². The van der Waals surface area contributed by atoms with Crippen molar-refractivity contribution < 1.29 is 31.1 Å². The third-order valence-corrected chi connectivity index (χ3v) is 7.88. The van der Waals surface area contributed by atoms with Crippen molar-refractivity contribution in [2.45, 2.75) is 110 Å². The summed E-state index contributed by atoms with van der Waals surface area (Å²) in [5, 5.41) is 5.09. The average Bonchev–Trinajstić information content (AvgIpc) is 3.46. The molecule has 3 rings (SSSR count). The van der Waals surface area contributed by atoms with Gasteiger partial charge in [-0.3, -0.25) is 4.79 Å². The number of halogens is 1. The normalized spacial score (nSPS) is 10.7. The van der Waals surface area contributed by atoms with Crippen molar-refractivity contribution in [2.75, 3.05) is 11.9 Å². The average molecular weight is 630 g/mol. The number of nitrogens with zero attached hydrogens (tertiary/aromatic N) is 1. The molecule has 1 aromatic heterocycles. The van der Waals surface area contributed by atoms with Gasteiger partial charge in [-0.05, 0) is 24.6 Å². The second-order valence-corrected chi connectivity index (χ2v) is 11.4. The third kappa shape index (κ3) is 14.5. The molecule has 0 spiro atoms. The van der Waals surface area contributed by atoms with E-state index >= 15 is 0 Å². The molecule has 0 saturated heterocycles. The second-order valence-electron chi connectivity index (χ2n) is 10.7. The van der Waals surface area contributed by atoms with Gasteiger partial charge in [0.2, 0.25) is 11.4 Å². The van der Waals surface area contributed by atoms with Gasteiger partial charge in [-0.1, -0.05) is 132 Å². The lowest BCUT2D eigenvalue weighted by Gasteiger charge is -2.12. The van der Waals surface area contributed by atoms with E-state index in [1.165, 1.54) is 89.0 Å². The second kappa shape index (κ2) is 21.6. The molecule has 220 valence electrons. The molecule has 0 saturated carbocycles. The highest BCUT2D eigenvalue weighted by Gasteiger charge is 2.10. The molecule has 1 N–H and O–H groups in total. The van der Waals surface area contributed by atoms with Crippen molar-refractivity contribution in [1.29, 1.82) is 0 Å². The molecule has 40 heavy (non-hydrogen) atoms. The zero-order chi connectivity index (χ0) is 27.4. The fourth-order valence-electron chi connectivity index (χ4n) is 4.90. The first kappa shape index (κ1) is 34.0. The van der Waals surface area contributed by atoms with Crippen LogP contribution in [0.25, 0.3) is 0 Å². The quantitative estimate of drug-likeness (QED) is 0.114. The van der Waals surface area contributed by atoms with Crippen molar-refractivity contribution in [1.82, 2.24) is 0 Å². The predicted octanol–water partition coefficient (Wildman–Crippen LogP) is 6.13. The van der Waals surface area contributed by atoms with Crippen LogP contribution in [0.4, 0.5) is 5.69 Å². The molecule has 0 aliphatic carbocycles. The number of para-hydroxylation sites is 1. The van der Waals surface area contributed by atoms with E-state index in [9.17, 15) is 4.79 Å². The number of benzene rings is 2. The van der Waals surface area contributed by atoms with Crippen molar-refractivity contribution in [2.24, 2.45) is 0 Å². The first-order chi connectivity index (χ1) is 19.2. The van der Waals surface area contributed by atoms with Gasteiger partial charge in [0.25, 0.3) is 0 Å². The van der Waals surface area contributed by atoms with Crippen LogP contribution in [0.5, 0.6) is 5.75 Å². The number of hydrogen-bond donors (Lipinski definition) is 1. The number of anilines is 1. The Morgan fingerprint density at radius 1 is 0.800 bits per heavy atom. The minimum Gasteiger partial charge on any atom is -1.00 e. The summed E-state index contributed by atoms with van der Waals surface area (Å²) >= 11 is 1.68. The highest BCUT2D eigenvalue weighted by Crippen LogP contribution is 2.20. The standard InChI is InChI=1S/C34H48N2O2S.BrH/c1-2-3-4-5-6-7-8-9-10-11-12-13-14-17-25-38-33-19-16-15-18-31(33)27-34(37)35-32-22-20-30(21-23-32)28-36-24-26-39-29-36;/h15-16,18-24,26,29H,2-14,17,25,27-28H2,1H3;1H. The molecule has 1 amide bonds. The molecule has 6 heteroatoms. The van der Waals surface area contributed by atoms with Gasteiger partial charge in [0.1, 0.15) is 5.75 Å². The monoisotopic (exact) mass is 628 g/mol. The van der Waals surface area contributed by atoms with E-state index in [1.54, 1.807) is 11.3 Å². The van der Waals surface area contributed by atoms with Crippen LogP contribution in [-0.4, -0.2) is 12.5 Å². The molecule has 0 fully saturated rings. The molecule has 4 nitrogen and oxygen atoms in total. The van der Waals surface area contributed by atoms with Crippen LogP contribution >= 0.6 is 11.3 Å². The van der Waals surface area contributed by atoms with Crippen LogP contribution in [0.2, 0.25) is 0 Å². The lowest BCUT2D eigenvalue weighted by atomic mass is 10.0. The molecule has 0 bridgehead atoms. The number of unbranched alkanes of at least 4 members (excludes halogenated alkanes) is 13. The lowest BCUT2D eigenvalue weighted by molar-refractivity contribution is -0.683. The fraction of sp³-hybridized carbons (Fsp3) is 0.529. The zero-order valence-corrected chi connectivity index (χ0v) is 26.8. The third-order valence-electron chi connectivity index (χ3n) is 7.21.